The summed E-state index contributed by atoms with van der Waals surface area (Å²) in [5.41, 5.74) is 1.99. The van der Waals surface area contributed by atoms with E-state index in [4.69, 9.17) is 16.3 Å². The number of amides is 2. The van der Waals surface area contributed by atoms with E-state index in [9.17, 15) is 18.0 Å². The Morgan fingerprint density at radius 1 is 1.05 bits per heavy atom. The number of benzene rings is 3. The summed E-state index contributed by atoms with van der Waals surface area (Å²) < 4.78 is 34.5. The van der Waals surface area contributed by atoms with E-state index in [1.807, 2.05) is 6.92 Å². The quantitative estimate of drug-likeness (QED) is 0.351. The van der Waals surface area contributed by atoms with Gasteiger partial charge >= 0.3 is 0 Å². The zero-order valence-electron chi connectivity index (χ0n) is 21.4. The summed E-state index contributed by atoms with van der Waals surface area (Å²) in [5.74, 6) is -0.459. The van der Waals surface area contributed by atoms with Crippen molar-refractivity contribution >= 4 is 55.1 Å². The van der Waals surface area contributed by atoms with Crippen molar-refractivity contribution < 1.29 is 22.7 Å². The van der Waals surface area contributed by atoms with E-state index in [2.05, 4.69) is 21.2 Å². The van der Waals surface area contributed by atoms with Crippen molar-refractivity contribution in [3.05, 3.63) is 87.4 Å². The van der Waals surface area contributed by atoms with Crippen molar-refractivity contribution in [2.24, 2.45) is 0 Å². The van der Waals surface area contributed by atoms with Crippen LogP contribution in [0.4, 0.5) is 5.69 Å². The summed E-state index contributed by atoms with van der Waals surface area (Å²) in [6.07, 6.45) is 0. The molecule has 0 radical (unpaired) electrons. The molecule has 38 heavy (non-hydrogen) atoms. The molecule has 8 nitrogen and oxygen atoms in total. The molecule has 3 aromatic carbocycles. The van der Waals surface area contributed by atoms with Gasteiger partial charge in [0.05, 0.1) is 22.2 Å². The molecule has 3 rings (SSSR count). The Hall–Kier alpha value is -3.08. The van der Waals surface area contributed by atoms with Crippen LogP contribution in [-0.4, -0.2) is 51.9 Å². The predicted octanol–water partition coefficient (Wildman–Crippen LogP) is 4.78. The molecule has 0 aromatic heterocycles. The minimum atomic E-state index is -4.19. The monoisotopic (exact) mass is 621 g/mol. The summed E-state index contributed by atoms with van der Waals surface area (Å²) in [6, 6.07) is 17.2. The second-order valence-electron chi connectivity index (χ2n) is 8.58. The van der Waals surface area contributed by atoms with Gasteiger partial charge in [0.15, 0.2) is 0 Å². The van der Waals surface area contributed by atoms with Gasteiger partial charge in [-0.15, -0.1) is 0 Å². The lowest BCUT2D eigenvalue weighted by Gasteiger charge is -2.32. The molecule has 0 aliphatic heterocycles. The van der Waals surface area contributed by atoms with Gasteiger partial charge in [-0.3, -0.25) is 13.9 Å². The summed E-state index contributed by atoms with van der Waals surface area (Å²) in [4.78, 5) is 27.6. The third-order valence-corrected chi connectivity index (χ3v) is 8.63. The molecule has 3 aromatic rings. The van der Waals surface area contributed by atoms with Crippen LogP contribution in [0.5, 0.6) is 5.75 Å². The number of aryl methyl sites for hydroxylation is 1. The van der Waals surface area contributed by atoms with Gasteiger partial charge in [0.25, 0.3) is 10.0 Å². The van der Waals surface area contributed by atoms with Gasteiger partial charge < -0.3 is 15.0 Å². The van der Waals surface area contributed by atoms with Crippen molar-refractivity contribution in [3.63, 3.8) is 0 Å². The summed E-state index contributed by atoms with van der Waals surface area (Å²) in [7, 11) is -1.23. The highest BCUT2D eigenvalue weighted by Crippen LogP contribution is 2.31. The third kappa shape index (κ3) is 6.86. The second-order valence-corrected chi connectivity index (χ2v) is 11.7. The number of rotatable bonds is 10. The number of anilines is 1. The largest absolute Gasteiger partial charge is 0.496 e. The molecular formula is C27H29BrClN3O5S. The molecule has 1 atom stereocenters. The number of carbonyl (C=O) groups excluding carboxylic acids is 2. The Kier molecular flexibility index (Phi) is 9.81. The molecule has 0 unspecified atom stereocenters. The zero-order valence-corrected chi connectivity index (χ0v) is 24.6. The highest BCUT2D eigenvalue weighted by molar-refractivity contribution is 9.10. The van der Waals surface area contributed by atoms with Crippen LogP contribution in [0.3, 0.4) is 0 Å². The lowest BCUT2D eigenvalue weighted by Crippen LogP contribution is -2.50. The molecule has 0 saturated heterocycles. The summed E-state index contributed by atoms with van der Waals surface area (Å²) >= 11 is 9.34. The maximum absolute atomic E-state index is 13.9. The van der Waals surface area contributed by atoms with Crippen molar-refractivity contribution in [3.8, 4) is 5.75 Å². The SMILES string of the molecule is CNC(=O)[C@H](C)N(Cc1ccc(Cl)cc1)C(=O)CN(c1ccc(C)cc1)S(=O)(=O)c1ccc(OC)c(Br)c1. The zero-order chi connectivity index (χ0) is 28.0. The minimum Gasteiger partial charge on any atom is -0.496 e. The molecular weight excluding hydrogens is 594 g/mol. The maximum atomic E-state index is 13.9. The number of ether oxygens (including phenoxy) is 1. The fourth-order valence-corrected chi connectivity index (χ4v) is 6.01. The molecule has 0 aliphatic carbocycles. The summed E-state index contributed by atoms with van der Waals surface area (Å²) in [5, 5.41) is 3.09. The van der Waals surface area contributed by atoms with Gasteiger partial charge in [-0.1, -0.05) is 41.4 Å². The van der Waals surface area contributed by atoms with Crippen LogP contribution in [-0.2, 0) is 26.2 Å². The Bertz CT molecular complexity index is 1400. The first-order valence-corrected chi connectivity index (χ1v) is 14.3. The van der Waals surface area contributed by atoms with E-state index in [-0.39, 0.29) is 17.3 Å². The van der Waals surface area contributed by atoms with E-state index in [1.54, 1.807) is 55.5 Å². The maximum Gasteiger partial charge on any atom is 0.264 e. The molecule has 0 saturated carbocycles. The molecule has 1 N–H and O–H groups in total. The topological polar surface area (TPSA) is 96.0 Å². The number of nitrogens with one attached hydrogen (secondary N) is 1. The first-order chi connectivity index (χ1) is 18.0. The molecule has 0 aliphatic rings. The Morgan fingerprint density at radius 3 is 2.24 bits per heavy atom. The molecule has 0 heterocycles. The Morgan fingerprint density at radius 2 is 1.68 bits per heavy atom. The Balaban J connectivity index is 2.04. The first-order valence-electron chi connectivity index (χ1n) is 11.7. The third-order valence-electron chi connectivity index (χ3n) is 5.99. The molecule has 2 amide bonds. The highest BCUT2D eigenvalue weighted by Gasteiger charge is 2.32. The highest BCUT2D eigenvalue weighted by atomic mass is 79.9. The van der Waals surface area contributed by atoms with E-state index in [0.717, 1.165) is 15.4 Å². The van der Waals surface area contributed by atoms with Crippen molar-refractivity contribution in [1.29, 1.82) is 0 Å². The minimum absolute atomic E-state index is 0.0258. The van der Waals surface area contributed by atoms with Crippen LogP contribution in [0.25, 0.3) is 0 Å². The van der Waals surface area contributed by atoms with Crippen LogP contribution < -0.4 is 14.4 Å². The number of nitrogens with zero attached hydrogens (tertiary/aromatic N) is 2. The molecule has 0 bridgehead atoms. The average Bonchev–Trinajstić information content (AvgIpc) is 2.90. The number of halogens is 2. The van der Waals surface area contributed by atoms with Crippen LogP contribution in [0, 0.1) is 6.92 Å². The lowest BCUT2D eigenvalue weighted by atomic mass is 10.1. The van der Waals surface area contributed by atoms with E-state index in [1.165, 1.54) is 37.3 Å². The average molecular weight is 623 g/mol. The number of methoxy groups -OCH3 is 1. The van der Waals surface area contributed by atoms with Crippen LogP contribution in [0.1, 0.15) is 18.1 Å². The van der Waals surface area contributed by atoms with E-state index < -0.39 is 28.5 Å². The van der Waals surface area contributed by atoms with E-state index in [0.29, 0.717) is 20.9 Å². The molecule has 11 heteroatoms. The predicted molar refractivity (Wildman–Crippen MR) is 152 cm³/mol. The van der Waals surface area contributed by atoms with Crippen LogP contribution >= 0.6 is 27.5 Å². The fraction of sp³-hybridized carbons (Fsp3) is 0.259. The van der Waals surface area contributed by atoms with Crippen molar-refractivity contribution in [1.82, 2.24) is 10.2 Å². The standard InChI is InChI=1S/C27H29BrClN3O5S/c1-18-5-11-22(12-6-18)32(38(35,36)23-13-14-25(37-4)24(28)15-23)17-26(33)31(19(2)27(34)30-3)16-20-7-9-21(29)10-8-20/h5-15,19H,16-17H2,1-4H3,(H,30,34)/t19-/m0/s1. The van der Waals surface area contributed by atoms with Gasteiger partial charge in [0.1, 0.15) is 18.3 Å². The summed E-state index contributed by atoms with van der Waals surface area (Å²) in [6.45, 7) is 3.04. The van der Waals surface area contributed by atoms with Gasteiger partial charge in [-0.25, -0.2) is 8.42 Å². The smallest absolute Gasteiger partial charge is 0.264 e. The Labute approximate surface area is 236 Å². The number of hydrogen-bond donors (Lipinski definition) is 1. The normalized spacial score (nSPS) is 11.9. The van der Waals surface area contributed by atoms with Crippen molar-refractivity contribution in [2.75, 3.05) is 25.0 Å². The lowest BCUT2D eigenvalue weighted by molar-refractivity contribution is -0.139. The van der Waals surface area contributed by atoms with Gasteiger partial charge in [-0.2, -0.15) is 0 Å². The van der Waals surface area contributed by atoms with Gasteiger partial charge in [0, 0.05) is 18.6 Å². The first kappa shape index (κ1) is 29.5. The van der Waals surface area contributed by atoms with Gasteiger partial charge in [-0.05, 0) is 77.8 Å². The number of hydrogen-bond acceptors (Lipinski definition) is 5. The number of carbonyl (C=O) groups is 2. The van der Waals surface area contributed by atoms with Crippen LogP contribution in [0.15, 0.2) is 76.1 Å². The fourth-order valence-electron chi connectivity index (χ4n) is 3.75. The molecule has 0 fully saturated rings. The number of likely N-dealkylation sites (N-methyl/N-ethyl adjacent to an activating group) is 1. The molecule has 0 spiro atoms. The second kappa shape index (κ2) is 12.6. The molecule has 202 valence electrons. The van der Waals surface area contributed by atoms with Crippen LogP contribution in [0.2, 0.25) is 5.02 Å². The van der Waals surface area contributed by atoms with Gasteiger partial charge in [0.2, 0.25) is 11.8 Å². The van der Waals surface area contributed by atoms with Crippen molar-refractivity contribution in [2.45, 2.75) is 31.3 Å². The van der Waals surface area contributed by atoms with E-state index >= 15 is 0 Å². The number of sulfonamides is 1.